The summed E-state index contributed by atoms with van der Waals surface area (Å²) < 4.78 is 43.6. The minimum absolute atomic E-state index is 0.0367. The maximum Gasteiger partial charge on any atom is 0.574 e. The average molecular weight is 300 g/mol. The molecule has 0 atom stereocenters. The summed E-state index contributed by atoms with van der Waals surface area (Å²) >= 11 is 2.85. The Morgan fingerprint density at radius 1 is 1.44 bits per heavy atom. The quantitative estimate of drug-likeness (QED) is 0.622. The number of esters is 1. The topological polar surface area (TPSA) is 48.4 Å². The zero-order chi connectivity index (χ0) is 12.3. The maximum atomic E-state index is 11.9. The largest absolute Gasteiger partial charge is 0.574 e. The second-order valence-electron chi connectivity index (χ2n) is 2.56. The van der Waals surface area contributed by atoms with Crippen LogP contribution in [-0.2, 0) is 4.74 Å². The van der Waals surface area contributed by atoms with Gasteiger partial charge >= 0.3 is 12.3 Å². The van der Waals surface area contributed by atoms with Crippen molar-refractivity contribution in [3.63, 3.8) is 0 Å². The first kappa shape index (κ1) is 12.8. The van der Waals surface area contributed by atoms with E-state index in [1.165, 1.54) is 6.07 Å². The highest BCUT2D eigenvalue weighted by Crippen LogP contribution is 2.24. The van der Waals surface area contributed by atoms with Gasteiger partial charge < -0.3 is 9.47 Å². The van der Waals surface area contributed by atoms with Gasteiger partial charge in [-0.25, -0.2) is 9.78 Å². The van der Waals surface area contributed by atoms with Gasteiger partial charge in [-0.05, 0) is 22.0 Å². The Labute approximate surface area is 96.5 Å². The van der Waals surface area contributed by atoms with Gasteiger partial charge in [-0.1, -0.05) is 0 Å². The van der Waals surface area contributed by atoms with Crippen LogP contribution in [0.4, 0.5) is 13.2 Å². The van der Waals surface area contributed by atoms with Crippen molar-refractivity contribution >= 4 is 21.9 Å². The number of halogens is 4. The van der Waals surface area contributed by atoms with Crippen LogP contribution >= 0.6 is 15.9 Å². The highest BCUT2D eigenvalue weighted by molar-refractivity contribution is 9.10. The number of carbonyl (C=O) groups is 1. The number of hydrogen-bond donors (Lipinski definition) is 0. The van der Waals surface area contributed by atoms with Crippen molar-refractivity contribution in [1.82, 2.24) is 4.98 Å². The van der Waals surface area contributed by atoms with Gasteiger partial charge in [0.05, 0.1) is 12.7 Å². The molecule has 0 spiro atoms. The summed E-state index contributed by atoms with van der Waals surface area (Å²) in [5.74, 6) is -1.52. The molecule has 16 heavy (non-hydrogen) atoms. The fourth-order valence-corrected chi connectivity index (χ4v) is 1.30. The third-order valence-electron chi connectivity index (χ3n) is 1.41. The SMILES string of the molecule is COC(=O)c1cc(Br)nc(OC(F)(F)F)c1. The predicted molar refractivity (Wildman–Crippen MR) is 50.0 cm³/mol. The molecule has 1 heterocycles. The first-order valence-electron chi connectivity index (χ1n) is 3.83. The lowest BCUT2D eigenvalue weighted by Gasteiger charge is -2.09. The van der Waals surface area contributed by atoms with Gasteiger partial charge in [0.1, 0.15) is 4.60 Å². The summed E-state index contributed by atoms with van der Waals surface area (Å²) in [5.41, 5.74) is -0.0939. The highest BCUT2D eigenvalue weighted by Gasteiger charge is 2.32. The normalized spacial score (nSPS) is 11.1. The van der Waals surface area contributed by atoms with Crippen molar-refractivity contribution < 1.29 is 27.4 Å². The van der Waals surface area contributed by atoms with Crippen LogP contribution in [0.3, 0.4) is 0 Å². The second kappa shape index (κ2) is 4.69. The Bertz CT molecular complexity index is 408. The fraction of sp³-hybridized carbons (Fsp3) is 0.250. The van der Waals surface area contributed by atoms with E-state index in [0.29, 0.717) is 0 Å². The standard InChI is InChI=1S/C8H5BrF3NO3/c1-15-7(14)4-2-5(9)13-6(3-4)16-8(10,11)12/h2-3H,1H3. The minimum Gasteiger partial charge on any atom is -0.465 e. The highest BCUT2D eigenvalue weighted by atomic mass is 79.9. The summed E-state index contributed by atoms with van der Waals surface area (Å²) in [6.45, 7) is 0. The van der Waals surface area contributed by atoms with Gasteiger partial charge in [-0.15, -0.1) is 13.2 Å². The third kappa shape index (κ3) is 3.69. The average Bonchev–Trinajstić information content (AvgIpc) is 2.12. The number of pyridine rings is 1. The number of hydrogen-bond acceptors (Lipinski definition) is 4. The summed E-state index contributed by atoms with van der Waals surface area (Å²) in [4.78, 5) is 14.5. The lowest BCUT2D eigenvalue weighted by molar-refractivity contribution is -0.276. The molecular formula is C8H5BrF3NO3. The van der Waals surface area contributed by atoms with Crippen LogP contribution in [-0.4, -0.2) is 24.4 Å². The van der Waals surface area contributed by atoms with Crippen LogP contribution in [0.15, 0.2) is 16.7 Å². The number of methoxy groups -OCH3 is 1. The van der Waals surface area contributed by atoms with Crippen molar-refractivity contribution in [2.75, 3.05) is 7.11 Å². The van der Waals surface area contributed by atoms with Crippen molar-refractivity contribution in [3.05, 3.63) is 22.3 Å². The number of ether oxygens (including phenoxy) is 2. The van der Waals surface area contributed by atoms with E-state index in [9.17, 15) is 18.0 Å². The van der Waals surface area contributed by atoms with E-state index in [1.807, 2.05) is 0 Å². The zero-order valence-electron chi connectivity index (χ0n) is 7.84. The maximum absolute atomic E-state index is 11.9. The lowest BCUT2D eigenvalue weighted by Crippen LogP contribution is -2.18. The summed E-state index contributed by atoms with van der Waals surface area (Å²) in [7, 11) is 1.11. The number of alkyl halides is 3. The molecule has 0 bridgehead atoms. The van der Waals surface area contributed by atoms with Gasteiger partial charge in [0.25, 0.3) is 0 Å². The van der Waals surface area contributed by atoms with Crippen LogP contribution in [0.2, 0.25) is 0 Å². The molecule has 8 heteroatoms. The Kier molecular flexibility index (Phi) is 3.74. The van der Waals surface area contributed by atoms with E-state index in [0.717, 1.165) is 13.2 Å². The van der Waals surface area contributed by atoms with E-state index in [1.54, 1.807) is 0 Å². The van der Waals surface area contributed by atoms with Crippen LogP contribution in [0.1, 0.15) is 10.4 Å². The van der Waals surface area contributed by atoms with Crippen molar-refractivity contribution in [2.24, 2.45) is 0 Å². The molecule has 1 rings (SSSR count). The van der Waals surface area contributed by atoms with Crippen LogP contribution in [0.5, 0.6) is 5.88 Å². The van der Waals surface area contributed by atoms with Gasteiger partial charge in [0, 0.05) is 6.07 Å². The molecule has 0 aromatic carbocycles. The van der Waals surface area contributed by atoms with Gasteiger partial charge in [-0.3, -0.25) is 0 Å². The summed E-state index contributed by atoms with van der Waals surface area (Å²) in [6.07, 6.45) is -4.86. The van der Waals surface area contributed by atoms with Crippen molar-refractivity contribution in [2.45, 2.75) is 6.36 Å². The van der Waals surface area contributed by atoms with E-state index in [4.69, 9.17) is 0 Å². The van der Waals surface area contributed by atoms with E-state index in [2.05, 4.69) is 30.4 Å². The van der Waals surface area contributed by atoms with Crippen molar-refractivity contribution in [3.8, 4) is 5.88 Å². The van der Waals surface area contributed by atoms with Crippen LogP contribution < -0.4 is 4.74 Å². The molecular weight excluding hydrogens is 295 g/mol. The van der Waals surface area contributed by atoms with Crippen LogP contribution in [0, 0.1) is 0 Å². The molecule has 88 valence electrons. The first-order chi connectivity index (χ1) is 7.31. The van der Waals surface area contributed by atoms with Crippen molar-refractivity contribution in [1.29, 1.82) is 0 Å². The summed E-state index contributed by atoms with van der Waals surface area (Å²) in [5, 5.41) is 0. The molecule has 1 aromatic heterocycles. The predicted octanol–water partition coefficient (Wildman–Crippen LogP) is 2.53. The van der Waals surface area contributed by atoms with E-state index in [-0.39, 0.29) is 10.2 Å². The monoisotopic (exact) mass is 299 g/mol. The Morgan fingerprint density at radius 3 is 2.56 bits per heavy atom. The molecule has 0 radical (unpaired) electrons. The van der Waals surface area contributed by atoms with Crippen LogP contribution in [0.25, 0.3) is 0 Å². The third-order valence-corrected chi connectivity index (χ3v) is 1.82. The summed E-state index contributed by atoms with van der Waals surface area (Å²) in [6, 6.07) is 2.05. The number of carbonyl (C=O) groups excluding carboxylic acids is 1. The minimum atomic E-state index is -4.86. The number of rotatable bonds is 2. The lowest BCUT2D eigenvalue weighted by atomic mass is 10.3. The molecule has 0 amide bonds. The first-order valence-corrected chi connectivity index (χ1v) is 4.63. The van der Waals surface area contributed by atoms with Gasteiger partial charge in [0.2, 0.25) is 5.88 Å². The molecule has 0 aliphatic carbocycles. The van der Waals surface area contributed by atoms with E-state index < -0.39 is 18.2 Å². The van der Waals surface area contributed by atoms with Gasteiger partial charge in [0.15, 0.2) is 0 Å². The molecule has 0 saturated heterocycles. The Hall–Kier alpha value is -1.31. The number of nitrogens with zero attached hydrogens (tertiary/aromatic N) is 1. The second-order valence-corrected chi connectivity index (χ2v) is 3.37. The molecule has 1 aromatic rings. The molecule has 0 saturated carbocycles. The molecule has 0 fully saturated rings. The molecule has 0 aliphatic rings. The zero-order valence-corrected chi connectivity index (χ0v) is 9.42. The molecule has 4 nitrogen and oxygen atoms in total. The Balaban J connectivity index is 3.03. The molecule has 0 unspecified atom stereocenters. The smallest absolute Gasteiger partial charge is 0.465 e. The van der Waals surface area contributed by atoms with E-state index >= 15 is 0 Å². The fourth-order valence-electron chi connectivity index (χ4n) is 0.879. The van der Waals surface area contributed by atoms with Gasteiger partial charge in [-0.2, -0.15) is 0 Å². The molecule has 0 aliphatic heterocycles. The number of aromatic nitrogens is 1. The Morgan fingerprint density at radius 2 is 2.06 bits per heavy atom. The molecule has 0 N–H and O–H groups in total.